The van der Waals surface area contributed by atoms with E-state index in [0.29, 0.717) is 18.4 Å². The van der Waals surface area contributed by atoms with E-state index in [1.54, 1.807) is 0 Å². The van der Waals surface area contributed by atoms with Crippen LogP contribution in [-0.4, -0.2) is 28.4 Å². The highest BCUT2D eigenvalue weighted by Gasteiger charge is 2.25. The molecule has 22 heavy (non-hydrogen) atoms. The fourth-order valence-electron chi connectivity index (χ4n) is 2.38. The molecule has 4 N–H and O–H groups in total. The molecule has 1 aromatic rings. The minimum absolute atomic E-state index is 0.142. The van der Waals surface area contributed by atoms with Crippen LogP contribution in [-0.2, 0) is 6.54 Å². The number of phenolic OH excluding ortho intramolecular Hbond substituents is 1. The van der Waals surface area contributed by atoms with E-state index in [-0.39, 0.29) is 13.1 Å². The maximum atomic E-state index is 13.2. The fourth-order valence-corrected chi connectivity index (χ4v) is 2.38. The Labute approximate surface area is 130 Å². The van der Waals surface area contributed by atoms with Gasteiger partial charge in [0, 0.05) is 13.1 Å². The van der Waals surface area contributed by atoms with Gasteiger partial charge in [0.05, 0.1) is 5.60 Å². The first-order valence-electron chi connectivity index (χ1n) is 7.61. The second kappa shape index (κ2) is 8.58. The highest BCUT2D eigenvalue weighted by atomic mass is 19.1. The molecule has 0 saturated heterocycles. The van der Waals surface area contributed by atoms with Crippen molar-refractivity contribution in [1.29, 1.82) is 0 Å². The van der Waals surface area contributed by atoms with Crippen molar-refractivity contribution < 1.29 is 19.4 Å². The normalized spacial score (nSPS) is 11.3. The molecule has 0 aromatic heterocycles. The number of carbonyl (C=O) groups excluding carboxylic acids is 1. The molecule has 0 radical (unpaired) electrons. The molecule has 6 heteroatoms. The highest BCUT2D eigenvalue weighted by Crippen LogP contribution is 2.18. The fraction of sp³-hybridized carbons (Fsp3) is 0.562. The number of aromatic hydroxyl groups is 1. The van der Waals surface area contributed by atoms with Crippen LogP contribution in [0.5, 0.6) is 5.75 Å². The van der Waals surface area contributed by atoms with Crippen LogP contribution in [0.4, 0.5) is 9.18 Å². The molecule has 0 atom stereocenters. The van der Waals surface area contributed by atoms with Gasteiger partial charge in [-0.1, -0.05) is 32.8 Å². The summed E-state index contributed by atoms with van der Waals surface area (Å²) in [5, 5.41) is 24.7. The van der Waals surface area contributed by atoms with Crippen LogP contribution in [0.3, 0.4) is 0 Å². The summed E-state index contributed by atoms with van der Waals surface area (Å²) in [6.45, 7) is 4.30. The van der Waals surface area contributed by atoms with Gasteiger partial charge in [0.25, 0.3) is 0 Å². The zero-order valence-electron chi connectivity index (χ0n) is 13.2. The van der Waals surface area contributed by atoms with Crippen molar-refractivity contribution >= 4 is 6.03 Å². The number of amides is 2. The summed E-state index contributed by atoms with van der Waals surface area (Å²) < 4.78 is 13.2. The van der Waals surface area contributed by atoms with Crippen LogP contribution in [0, 0.1) is 5.82 Å². The molecule has 0 spiro atoms. The Morgan fingerprint density at radius 3 is 2.41 bits per heavy atom. The summed E-state index contributed by atoms with van der Waals surface area (Å²) >= 11 is 0. The number of phenols is 1. The molecule has 1 aromatic carbocycles. The molecule has 0 saturated carbocycles. The third kappa shape index (κ3) is 5.89. The molecule has 0 bridgehead atoms. The Balaban J connectivity index is 2.43. The van der Waals surface area contributed by atoms with E-state index in [4.69, 9.17) is 5.11 Å². The van der Waals surface area contributed by atoms with Crippen molar-refractivity contribution in [2.24, 2.45) is 0 Å². The Bertz CT molecular complexity index is 488. The van der Waals surface area contributed by atoms with E-state index >= 15 is 0 Å². The SMILES string of the molecule is CCCC(O)(CCC)CNC(=O)NCc1ccc(O)c(F)c1. The number of rotatable bonds is 8. The predicted octanol–water partition coefficient (Wildman–Crippen LogP) is 2.66. The lowest BCUT2D eigenvalue weighted by Crippen LogP contribution is -2.46. The standard InChI is InChI=1S/C16H25FN2O3/c1-3-7-16(22,8-4-2)11-19-15(21)18-10-12-5-6-14(20)13(17)9-12/h5-6,9,20,22H,3-4,7-8,10-11H2,1-2H3,(H2,18,19,21). The minimum Gasteiger partial charge on any atom is -0.505 e. The molecular weight excluding hydrogens is 287 g/mol. The largest absolute Gasteiger partial charge is 0.505 e. The number of hydrogen-bond donors (Lipinski definition) is 4. The molecule has 0 heterocycles. The first-order valence-corrected chi connectivity index (χ1v) is 7.61. The number of nitrogens with one attached hydrogen (secondary N) is 2. The zero-order chi connectivity index (χ0) is 16.6. The van der Waals surface area contributed by atoms with Crippen molar-refractivity contribution in [2.45, 2.75) is 51.7 Å². The van der Waals surface area contributed by atoms with E-state index in [2.05, 4.69) is 10.6 Å². The van der Waals surface area contributed by atoms with E-state index in [1.165, 1.54) is 18.2 Å². The monoisotopic (exact) mass is 312 g/mol. The summed E-state index contributed by atoms with van der Waals surface area (Å²) in [5.41, 5.74) is -0.339. The molecule has 0 unspecified atom stereocenters. The topological polar surface area (TPSA) is 81.6 Å². The van der Waals surface area contributed by atoms with Crippen LogP contribution in [0.25, 0.3) is 0 Å². The lowest BCUT2D eigenvalue weighted by Gasteiger charge is -2.27. The molecule has 0 aliphatic heterocycles. The summed E-state index contributed by atoms with van der Waals surface area (Å²) in [6, 6.07) is 3.52. The number of urea groups is 1. The first-order chi connectivity index (χ1) is 10.4. The van der Waals surface area contributed by atoms with Gasteiger partial charge in [0.2, 0.25) is 0 Å². The molecule has 124 valence electrons. The van der Waals surface area contributed by atoms with Gasteiger partial charge in [-0.15, -0.1) is 0 Å². The molecular formula is C16H25FN2O3. The van der Waals surface area contributed by atoms with Crippen molar-refractivity contribution in [3.8, 4) is 5.75 Å². The van der Waals surface area contributed by atoms with Crippen LogP contribution in [0.15, 0.2) is 18.2 Å². The van der Waals surface area contributed by atoms with Gasteiger partial charge in [-0.05, 0) is 30.5 Å². The Morgan fingerprint density at radius 2 is 1.86 bits per heavy atom. The molecule has 0 aliphatic carbocycles. The number of hydrogen-bond acceptors (Lipinski definition) is 3. The molecule has 0 fully saturated rings. The van der Waals surface area contributed by atoms with E-state index in [0.717, 1.165) is 12.8 Å². The third-order valence-corrected chi connectivity index (χ3v) is 3.47. The maximum Gasteiger partial charge on any atom is 0.315 e. The Morgan fingerprint density at radius 1 is 1.23 bits per heavy atom. The van der Waals surface area contributed by atoms with Gasteiger partial charge >= 0.3 is 6.03 Å². The molecule has 5 nitrogen and oxygen atoms in total. The van der Waals surface area contributed by atoms with Crippen molar-refractivity contribution in [3.05, 3.63) is 29.6 Å². The lowest BCUT2D eigenvalue weighted by atomic mass is 9.93. The summed E-state index contributed by atoms with van der Waals surface area (Å²) in [7, 11) is 0. The molecule has 2 amide bonds. The van der Waals surface area contributed by atoms with Crippen molar-refractivity contribution in [1.82, 2.24) is 10.6 Å². The number of benzene rings is 1. The van der Waals surface area contributed by atoms with Crippen LogP contribution in [0.1, 0.15) is 45.1 Å². The van der Waals surface area contributed by atoms with E-state index < -0.39 is 23.2 Å². The van der Waals surface area contributed by atoms with E-state index in [9.17, 15) is 14.3 Å². The van der Waals surface area contributed by atoms with Crippen LogP contribution < -0.4 is 10.6 Å². The van der Waals surface area contributed by atoms with Crippen molar-refractivity contribution in [2.75, 3.05) is 6.54 Å². The second-order valence-corrected chi connectivity index (χ2v) is 5.55. The maximum absolute atomic E-state index is 13.2. The van der Waals surface area contributed by atoms with Gasteiger partial charge in [0.1, 0.15) is 0 Å². The van der Waals surface area contributed by atoms with Gasteiger partial charge in [-0.3, -0.25) is 0 Å². The first kappa shape index (κ1) is 18.2. The summed E-state index contributed by atoms with van der Waals surface area (Å²) in [5.74, 6) is -1.14. The van der Waals surface area contributed by atoms with E-state index in [1.807, 2.05) is 13.8 Å². The average Bonchev–Trinajstić information content (AvgIpc) is 2.47. The van der Waals surface area contributed by atoms with Crippen molar-refractivity contribution in [3.63, 3.8) is 0 Å². The second-order valence-electron chi connectivity index (χ2n) is 5.55. The number of halogens is 1. The quantitative estimate of drug-likeness (QED) is 0.595. The summed E-state index contributed by atoms with van der Waals surface area (Å²) in [4.78, 5) is 11.7. The summed E-state index contributed by atoms with van der Waals surface area (Å²) in [6.07, 6.45) is 2.94. The predicted molar refractivity (Wildman–Crippen MR) is 83.1 cm³/mol. The van der Waals surface area contributed by atoms with Crippen LogP contribution >= 0.6 is 0 Å². The number of carbonyl (C=O) groups is 1. The minimum atomic E-state index is -0.883. The smallest absolute Gasteiger partial charge is 0.315 e. The third-order valence-electron chi connectivity index (χ3n) is 3.47. The van der Waals surface area contributed by atoms with Gasteiger partial charge < -0.3 is 20.8 Å². The Kier molecular flexibility index (Phi) is 7.11. The zero-order valence-corrected chi connectivity index (χ0v) is 13.2. The van der Waals surface area contributed by atoms with Gasteiger partial charge in [-0.25, -0.2) is 9.18 Å². The molecule has 1 rings (SSSR count). The van der Waals surface area contributed by atoms with Gasteiger partial charge in [-0.2, -0.15) is 0 Å². The molecule has 0 aliphatic rings. The highest BCUT2D eigenvalue weighted by molar-refractivity contribution is 5.73. The number of aliphatic hydroxyl groups is 1. The van der Waals surface area contributed by atoms with Gasteiger partial charge in [0.15, 0.2) is 11.6 Å². The Hall–Kier alpha value is -1.82. The lowest BCUT2D eigenvalue weighted by molar-refractivity contribution is 0.0241. The van der Waals surface area contributed by atoms with Crippen LogP contribution in [0.2, 0.25) is 0 Å². The average molecular weight is 312 g/mol.